The summed E-state index contributed by atoms with van der Waals surface area (Å²) >= 11 is 5.13. The van der Waals surface area contributed by atoms with Crippen molar-refractivity contribution in [1.29, 1.82) is 0 Å². The molecule has 0 unspecified atom stereocenters. The predicted octanol–water partition coefficient (Wildman–Crippen LogP) is 3.99. The number of halogens is 4. The fourth-order valence-electron chi connectivity index (χ4n) is 0.678. The van der Waals surface area contributed by atoms with E-state index in [4.69, 9.17) is 0 Å². The Morgan fingerprint density at radius 2 is 2.00 bits per heavy atom. The van der Waals surface area contributed by atoms with Crippen molar-refractivity contribution < 1.29 is 8.78 Å². The van der Waals surface area contributed by atoms with Crippen molar-refractivity contribution in [3.8, 4) is 0 Å². The van der Waals surface area contributed by atoms with Gasteiger partial charge in [0.05, 0.1) is 0 Å². The standard InChI is InChI=1S/C7H4BrF2I/c8-6-3-4(11)1-2-5(6)7(9)10/h1-3,7H. The van der Waals surface area contributed by atoms with Gasteiger partial charge in [0.1, 0.15) is 0 Å². The second-order valence-corrected chi connectivity index (χ2v) is 4.07. The third kappa shape index (κ3) is 2.37. The highest BCUT2D eigenvalue weighted by Gasteiger charge is 2.10. The lowest BCUT2D eigenvalue weighted by molar-refractivity contribution is 0.150. The normalized spacial score (nSPS) is 10.6. The molecule has 0 fully saturated rings. The zero-order chi connectivity index (χ0) is 8.43. The first-order valence-corrected chi connectivity index (χ1v) is 4.71. The van der Waals surface area contributed by atoms with Gasteiger partial charge in [0.15, 0.2) is 0 Å². The van der Waals surface area contributed by atoms with Crippen molar-refractivity contribution in [2.45, 2.75) is 6.43 Å². The average Bonchev–Trinajstić information content (AvgIpc) is 1.85. The molecule has 0 aliphatic rings. The van der Waals surface area contributed by atoms with Gasteiger partial charge in [-0.3, -0.25) is 0 Å². The molecule has 60 valence electrons. The molecule has 0 spiro atoms. The Bertz CT molecular complexity index is 263. The van der Waals surface area contributed by atoms with Crippen LogP contribution in [-0.4, -0.2) is 0 Å². The minimum absolute atomic E-state index is 0.0467. The monoisotopic (exact) mass is 332 g/mol. The maximum atomic E-state index is 12.1. The summed E-state index contributed by atoms with van der Waals surface area (Å²) < 4.78 is 25.7. The Morgan fingerprint density at radius 3 is 2.45 bits per heavy atom. The Kier molecular flexibility index (Phi) is 3.24. The molecule has 0 saturated heterocycles. The van der Waals surface area contributed by atoms with Crippen LogP contribution in [-0.2, 0) is 0 Å². The van der Waals surface area contributed by atoms with Gasteiger partial charge in [-0.1, -0.05) is 22.0 Å². The van der Waals surface area contributed by atoms with Crippen molar-refractivity contribution >= 4 is 38.5 Å². The molecule has 0 aromatic heterocycles. The quantitative estimate of drug-likeness (QED) is 0.682. The highest BCUT2D eigenvalue weighted by atomic mass is 127. The molecule has 1 rings (SSSR count). The fraction of sp³-hybridized carbons (Fsp3) is 0.143. The van der Waals surface area contributed by atoms with Gasteiger partial charge in [-0.25, -0.2) is 8.78 Å². The van der Waals surface area contributed by atoms with Crippen LogP contribution in [0.3, 0.4) is 0 Å². The fourth-order valence-corrected chi connectivity index (χ4v) is 2.15. The lowest BCUT2D eigenvalue weighted by Crippen LogP contribution is -1.85. The Balaban J connectivity index is 3.09. The van der Waals surface area contributed by atoms with Crippen molar-refractivity contribution in [3.63, 3.8) is 0 Å². The zero-order valence-electron chi connectivity index (χ0n) is 5.32. The highest BCUT2D eigenvalue weighted by Crippen LogP contribution is 2.28. The van der Waals surface area contributed by atoms with Gasteiger partial charge in [-0.15, -0.1) is 0 Å². The summed E-state index contributed by atoms with van der Waals surface area (Å²) in [5.41, 5.74) is 0.0467. The molecule has 1 aromatic rings. The Morgan fingerprint density at radius 1 is 1.36 bits per heavy atom. The van der Waals surface area contributed by atoms with Crippen LogP contribution in [0.4, 0.5) is 8.78 Å². The molecule has 0 atom stereocenters. The van der Waals surface area contributed by atoms with Crippen molar-refractivity contribution in [2.75, 3.05) is 0 Å². The third-order valence-electron chi connectivity index (χ3n) is 1.20. The third-order valence-corrected chi connectivity index (χ3v) is 2.56. The van der Waals surface area contributed by atoms with Crippen LogP contribution in [0.15, 0.2) is 22.7 Å². The van der Waals surface area contributed by atoms with Crippen molar-refractivity contribution in [3.05, 3.63) is 31.8 Å². The van der Waals surface area contributed by atoms with E-state index < -0.39 is 6.43 Å². The Labute approximate surface area is 85.3 Å². The first-order chi connectivity index (χ1) is 5.11. The van der Waals surface area contributed by atoms with E-state index in [-0.39, 0.29) is 5.56 Å². The molecule has 0 bridgehead atoms. The molecule has 0 radical (unpaired) electrons. The Hall–Kier alpha value is 0.290. The molecule has 0 heterocycles. The molecule has 0 aliphatic heterocycles. The van der Waals surface area contributed by atoms with Gasteiger partial charge in [-0.2, -0.15) is 0 Å². The lowest BCUT2D eigenvalue weighted by Gasteiger charge is -2.02. The van der Waals surface area contributed by atoms with Gasteiger partial charge < -0.3 is 0 Å². The van der Waals surface area contributed by atoms with E-state index in [0.29, 0.717) is 4.47 Å². The van der Waals surface area contributed by atoms with Crippen molar-refractivity contribution in [2.24, 2.45) is 0 Å². The maximum Gasteiger partial charge on any atom is 0.264 e. The number of benzene rings is 1. The first-order valence-electron chi connectivity index (χ1n) is 2.84. The van der Waals surface area contributed by atoms with Crippen molar-refractivity contribution in [1.82, 2.24) is 0 Å². The van der Waals surface area contributed by atoms with Gasteiger partial charge in [0.2, 0.25) is 0 Å². The van der Waals surface area contributed by atoms with E-state index in [0.717, 1.165) is 3.57 Å². The molecule has 0 nitrogen and oxygen atoms in total. The summed E-state index contributed by atoms with van der Waals surface area (Å²) in [7, 11) is 0. The van der Waals surface area contributed by atoms with Crippen LogP contribution in [0.1, 0.15) is 12.0 Å². The van der Waals surface area contributed by atoms with E-state index in [1.807, 2.05) is 0 Å². The summed E-state index contributed by atoms with van der Waals surface area (Å²) in [4.78, 5) is 0. The first kappa shape index (κ1) is 9.38. The second kappa shape index (κ2) is 3.80. The van der Waals surface area contributed by atoms with Gasteiger partial charge in [0.25, 0.3) is 6.43 Å². The molecule has 0 aliphatic carbocycles. The van der Waals surface area contributed by atoms with E-state index in [9.17, 15) is 8.78 Å². The number of alkyl halides is 2. The van der Waals surface area contributed by atoms with E-state index >= 15 is 0 Å². The topological polar surface area (TPSA) is 0 Å². The molecule has 0 amide bonds. The minimum atomic E-state index is -2.40. The molecule has 1 aromatic carbocycles. The summed E-state index contributed by atoms with van der Waals surface area (Å²) in [6.45, 7) is 0. The van der Waals surface area contributed by atoms with Gasteiger partial charge in [-0.05, 0) is 34.7 Å². The summed E-state index contributed by atoms with van der Waals surface area (Å²) in [5.74, 6) is 0. The summed E-state index contributed by atoms with van der Waals surface area (Å²) in [6.07, 6.45) is -2.40. The van der Waals surface area contributed by atoms with E-state index in [1.54, 1.807) is 12.1 Å². The zero-order valence-corrected chi connectivity index (χ0v) is 9.06. The highest BCUT2D eigenvalue weighted by molar-refractivity contribution is 14.1. The second-order valence-electron chi connectivity index (χ2n) is 1.97. The minimum Gasteiger partial charge on any atom is -0.205 e. The van der Waals surface area contributed by atoms with Crippen LogP contribution in [0.2, 0.25) is 0 Å². The van der Waals surface area contributed by atoms with Gasteiger partial charge in [0, 0.05) is 13.6 Å². The molecule has 0 saturated carbocycles. The smallest absolute Gasteiger partial charge is 0.205 e. The largest absolute Gasteiger partial charge is 0.264 e. The molecule has 4 heteroatoms. The lowest BCUT2D eigenvalue weighted by atomic mass is 10.2. The van der Waals surface area contributed by atoms with E-state index in [1.165, 1.54) is 6.07 Å². The molecule has 0 N–H and O–H groups in total. The number of hydrogen-bond donors (Lipinski definition) is 0. The average molecular weight is 333 g/mol. The summed E-state index contributed by atoms with van der Waals surface area (Å²) in [6, 6.07) is 4.76. The SMILES string of the molecule is FC(F)c1ccc(I)cc1Br. The molecular formula is C7H4BrF2I. The van der Waals surface area contributed by atoms with Crippen LogP contribution < -0.4 is 0 Å². The summed E-state index contributed by atoms with van der Waals surface area (Å²) in [5, 5.41) is 0. The molecular weight excluding hydrogens is 329 g/mol. The van der Waals surface area contributed by atoms with Crippen LogP contribution in [0.25, 0.3) is 0 Å². The van der Waals surface area contributed by atoms with Crippen LogP contribution in [0, 0.1) is 3.57 Å². The predicted molar refractivity (Wildman–Crippen MR) is 51.8 cm³/mol. The van der Waals surface area contributed by atoms with Crippen LogP contribution in [0.5, 0.6) is 0 Å². The van der Waals surface area contributed by atoms with E-state index in [2.05, 4.69) is 38.5 Å². The number of rotatable bonds is 1. The maximum absolute atomic E-state index is 12.1. The van der Waals surface area contributed by atoms with Crippen LogP contribution >= 0.6 is 38.5 Å². The molecule has 11 heavy (non-hydrogen) atoms. The van der Waals surface area contributed by atoms with Gasteiger partial charge >= 0.3 is 0 Å². The number of hydrogen-bond acceptors (Lipinski definition) is 0.